The molecule has 2 heterocycles. The van der Waals surface area contributed by atoms with Crippen LogP contribution in [0.2, 0.25) is 0 Å². The molecule has 0 amide bonds. The van der Waals surface area contributed by atoms with Gasteiger partial charge in [-0.15, -0.1) is 9.24 Å². The molecule has 3 rings (SSSR count). The Morgan fingerprint density at radius 3 is 2.86 bits per heavy atom. The molecule has 1 aromatic heterocycles. The molecule has 2 aromatic rings. The number of H-pyrrole nitrogens is 1. The lowest BCUT2D eigenvalue weighted by atomic mass is 10.00. The molecule has 1 aliphatic rings. The molecule has 1 unspecified atom stereocenters. The number of hydrogen-bond donors (Lipinski definition) is 2. The smallest absolute Gasteiger partial charge is 0.279 e. The van der Waals surface area contributed by atoms with E-state index in [2.05, 4.69) is 37.1 Å². The summed E-state index contributed by atoms with van der Waals surface area (Å²) in [5.74, 6) is 0. The highest BCUT2D eigenvalue weighted by Gasteiger charge is 2.23. The van der Waals surface area contributed by atoms with E-state index in [1.807, 2.05) is 12.3 Å². The summed E-state index contributed by atoms with van der Waals surface area (Å²) in [4.78, 5) is 3.28. The molecular weight excluding hydrogens is 305 g/mol. The second kappa shape index (κ2) is 5.54. The predicted molar refractivity (Wildman–Crippen MR) is 89.8 cm³/mol. The summed E-state index contributed by atoms with van der Waals surface area (Å²) in [5, 5.41) is 2.32. The van der Waals surface area contributed by atoms with Gasteiger partial charge < -0.3 is 4.98 Å². The average molecular weight is 323 g/mol. The van der Waals surface area contributed by atoms with Crippen LogP contribution in [0.25, 0.3) is 16.5 Å². The number of rotatable bonds is 3. The number of hydrogen-bond acceptors (Lipinski definition) is 2. The molecule has 0 fully saturated rings. The second-order valence-electron chi connectivity index (χ2n) is 5.05. The molecule has 5 nitrogen and oxygen atoms in total. The van der Waals surface area contributed by atoms with Crippen molar-refractivity contribution < 1.29 is 8.42 Å². The van der Waals surface area contributed by atoms with Crippen LogP contribution in [0.1, 0.15) is 12.0 Å². The zero-order valence-corrected chi connectivity index (χ0v) is 13.7. The van der Waals surface area contributed by atoms with Crippen LogP contribution < -0.4 is 10.0 Å². The fraction of sp³-hybridized carbons (Fsp3) is 0.286. The van der Waals surface area contributed by atoms with Crippen LogP contribution in [0.15, 0.2) is 30.5 Å². The van der Waals surface area contributed by atoms with Crippen molar-refractivity contribution in [1.82, 2.24) is 14.0 Å². The first-order valence-electron chi connectivity index (χ1n) is 6.76. The van der Waals surface area contributed by atoms with Crippen molar-refractivity contribution in [2.24, 2.45) is 0 Å². The zero-order valence-electron chi connectivity index (χ0n) is 11.8. The summed E-state index contributed by atoms with van der Waals surface area (Å²) < 4.78 is 27.4. The van der Waals surface area contributed by atoms with E-state index in [-0.39, 0.29) is 0 Å². The van der Waals surface area contributed by atoms with Crippen LogP contribution in [0.3, 0.4) is 0 Å². The molecular formula is C14H18N3O2PS. The Morgan fingerprint density at radius 1 is 1.38 bits per heavy atom. The molecule has 1 aromatic carbocycles. The monoisotopic (exact) mass is 323 g/mol. The topological polar surface area (TPSA) is 65.2 Å². The lowest BCUT2D eigenvalue weighted by Gasteiger charge is -2.25. The van der Waals surface area contributed by atoms with Crippen molar-refractivity contribution in [3.63, 3.8) is 0 Å². The average Bonchev–Trinajstić information content (AvgIpc) is 2.90. The van der Waals surface area contributed by atoms with Crippen molar-refractivity contribution in [2.75, 3.05) is 20.1 Å². The molecule has 2 N–H and O–H groups in total. The molecule has 0 bridgehead atoms. The van der Waals surface area contributed by atoms with Gasteiger partial charge >= 0.3 is 0 Å². The van der Waals surface area contributed by atoms with Crippen LogP contribution >= 0.6 is 9.24 Å². The molecule has 1 atom stereocenters. The Labute approximate surface area is 126 Å². The summed E-state index contributed by atoms with van der Waals surface area (Å²) in [7, 11) is 0.793. The Balaban J connectivity index is 1.91. The summed E-state index contributed by atoms with van der Waals surface area (Å²) >= 11 is 0. The van der Waals surface area contributed by atoms with Crippen molar-refractivity contribution in [1.29, 1.82) is 0 Å². The van der Waals surface area contributed by atoms with Crippen LogP contribution in [0, 0.1) is 0 Å². The van der Waals surface area contributed by atoms with Gasteiger partial charge in [-0.3, -0.25) is 0 Å². The second-order valence-corrected chi connectivity index (χ2v) is 7.60. The fourth-order valence-electron chi connectivity index (χ4n) is 2.65. The van der Waals surface area contributed by atoms with Crippen molar-refractivity contribution in [3.05, 3.63) is 36.0 Å². The zero-order chi connectivity index (χ0) is 15.0. The number of nitrogens with one attached hydrogen (secondary N) is 2. The normalized spacial score (nSPS) is 17.1. The van der Waals surface area contributed by atoms with E-state index in [0.29, 0.717) is 13.1 Å². The first kappa shape index (κ1) is 14.7. The van der Waals surface area contributed by atoms with Crippen LogP contribution in [-0.4, -0.2) is 37.8 Å². The van der Waals surface area contributed by atoms with E-state index in [4.69, 9.17) is 0 Å². The van der Waals surface area contributed by atoms with Gasteiger partial charge in [0, 0.05) is 42.8 Å². The number of aromatic nitrogens is 1. The quantitative estimate of drug-likeness (QED) is 0.834. The van der Waals surface area contributed by atoms with Gasteiger partial charge in [0.1, 0.15) is 0 Å². The minimum atomic E-state index is -3.33. The standard InChI is InChI=1S/C14H18N3O2PS/c1-15-21(18,19)17-6-4-10(5-7-17)13-9-16-14-8-11(20)2-3-12(13)14/h2-4,8-9,15-16H,5-7,20H2,1H3. The number of aromatic amines is 1. The first-order valence-corrected chi connectivity index (χ1v) is 8.77. The maximum Gasteiger partial charge on any atom is 0.279 e. The molecule has 0 aliphatic carbocycles. The van der Waals surface area contributed by atoms with E-state index in [0.717, 1.165) is 22.8 Å². The van der Waals surface area contributed by atoms with Crippen molar-refractivity contribution >= 4 is 41.2 Å². The molecule has 0 spiro atoms. The third-order valence-corrected chi connectivity index (χ3v) is 5.71. The molecule has 21 heavy (non-hydrogen) atoms. The van der Waals surface area contributed by atoms with Crippen molar-refractivity contribution in [2.45, 2.75) is 6.42 Å². The SMILES string of the molecule is CNS(=O)(=O)N1CC=C(c2c[nH]c3cc(P)ccc23)CC1. The first-order chi connectivity index (χ1) is 10.0. The Bertz CT molecular complexity index is 811. The summed E-state index contributed by atoms with van der Waals surface area (Å²) in [6.07, 6.45) is 4.72. The van der Waals surface area contributed by atoms with Crippen molar-refractivity contribution in [3.8, 4) is 0 Å². The fourth-order valence-corrected chi connectivity index (χ4v) is 3.78. The summed E-state index contributed by atoms with van der Waals surface area (Å²) in [6.45, 7) is 0.913. The largest absolute Gasteiger partial charge is 0.361 e. The van der Waals surface area contributed by atoms with Gasteiger partial charge in [0.25, 0.3) is 10.2 Å². The van der Waals surface area contributed by atoms with Gasteiger partial charge in [0.2, 0.25) is 0 Å². The molecule has 7 heteroatoms. The van der Waals surface area contributed by atoms with Gasteiger partial charge in [-0.1, -0.05) is 18.2 Å². The molecule has 0 saturated carbocycles. The Kier molecular flexibility index (Phi) is 3.88. The number of benzene rings is 1. The van der Waals surface area contributed by atoms with E-state index in [1.54, 1.807) is 0 Å². The third-order valence-electron chi connectivity index (χ3n) is 3.82. The van der Waals surface area contributed by atoms with Crippen LogP contribution in [-0.2, 0) is 10.2 Å². The van der Waals surface area contributed by atoms with E-state index in [9.17, 15) is 8.42 Å². The third kappa shape index (κ3) is 2.77. The minimum absolute atomic E-state index is 0.410. The molecule has 0 radical (unpaired) electrons. The van der Waals surface area contributed by atoms with E-state index < -0.39 is 10.2 Å². The highest BCUT2D eigenvalue weighted by molar-refractivity contribution is 7.87. The van der Waals surface area contributed by atoms with Crippen LogP contribution in [0.5, 0.6) is 0 Å². The predicted octanol–water partition coefficient (Wildman–Crippen LogP) is 1.22. The van der Waals surface area contributed by atoms with E-state index in [1.165, 1.54) is 22.3 Å². The molecule has 1 aliphatic heterocycles. The van der Waals surface area contributed by atoms with Gasteiger partial charge in [0.15, 0.2) is 0 Å². The summed E-state index contributed by atoms with van der Waals surface area (Å²) in [5.41, 5.74) is 3.46. The Morgan fingerprint density at radius 2 is 2.19 bits per heavy atom. The van der Waals surface area contributed by atoms with Gasteiger partial charge in [0.05, 0.1) is 0 Å². The van der Waals surface area contributed by atoms with Crippen LogP contribution in [0.4, 0.5) is 0 Å². The maximum atomic E-state index is 11.8. The Hall–Kier alpha value is -1.20. The van der Waals surface area contributed by atoms with E-state index >= 15 is 0 Å². The minimum Gasteiger partial charge on any atom is -0.361 e. The summed E-state index contributed by atoms with van der Waals surface area (Å²) in [6, 6.07) is 6.25. The highest BCUT2D eigenvalue weighted by atomic mass is 32.2. The molecule has 112 valence electrons. The number of nitrogens with zero attached hydrogens (tertiary/aromatic N) is 1. The number of fused-ring (bicyclic) bond motifs is 1. The lowest BCUT2D eigenvalue weighted by Crippen LogP contribution is -2.41. The maximum absolute atomic E-state index is 11.8. The van der Waals surface area contributed by atoms with Gasteiger partial charge in [-0.25, -0.2) is 4.72 Å². The molecule has 0 saturated heterocycles. The lowest BCUT2D eigenvalue weighted by molar-refractivity contribution is 0.435. The van der Waals surface area contributed by atoms with Gasteiger partial charge in [-0.05, 0) is 23.4 Å². The van der Waals surface area contributed by atoms with Gasteiger partial charge in [-0.2, -0.15) is 12.7 Å². The highest BCUT2D eigenvalue weighted by Crippen LogP contribution is 2.29.